The zero-order chi connectivity index (χ0) is 7.65. The first kappa shape index (κ1) is 8.92. The molecule has 2 heteroatoms. The van der Waals surface area contributed by atoms with E-state index < -0.39 is 6.23 Å². The van der Waals surface area contributed by atoms with Gasteiger partial charge in [0.05, 0.1) is 0 Å². The first-order valence-corrected chi connectivity index (χ1v) is 3.29. The number of hydrogen-bond acceptors (Lipinski definition) is 2. The van der Waals surface area contributed by atoms with Gasteiger partial charge in [-0.05, 0) is 5.41 Å². The molecule has 0 heterocycles. The van der Waals surface area contributed by atoms with E-state index in [-0.39, 0.29) is 11.3 Å². The molecule has 0 aliphatic carbocycles. The zero-order valence-electron chi connectivity index (χ0n) is 6.68. The largest absolute Gasteiger partial charge is 0.379 e. The highest BCUT2D eigenvalue weighted by atomic mass is 16.3. The molecule has 0 aliphatic rings. The van der Waals surface area contributed by atoms with Gasteiger partial charge in [0.15, 0.2) is 0 Å². The fourth-order valence-corrected chi connectivity index (χ4v) is 0.512. The van der Waals surface area contributed by atoms with Crippen molar-refractivity contribution in [3.63, 3.8) is 0 Å². The molecule has 0 aromatic carbocycles. The van der Waals surface area contributed by atoms with Gasteiger partial charge < -0.3 is 10.8 Å². The molecular formula is C7H17NO. The number of aliphatic hydroxyl groups is 1. The summed E-state index contributed by atoms with van der Waals surface area (Å²) in [5.41, 5.74) is 5.38. The molecule has 0 spiro atoms. The Labute approximate surface area is 57.1 Å². The molecule has 3 N–H and O–H groups in total. The summed E-state index contributed by atoms with van der Waals surface area (Å²) in [6.07, 6.45) is -0.690. The van der Waals surface area contributed by atoms with Gasteiger partial charge in [0, 0.05) is 5.92 Å². The topological polar surface area (TPSA) is 46.2 Å². The fourth-order valence-electron chi connectivity index (χ4n) is 0.512. The highest BCUT2D eigenvalue weighted by Gasteiger charge is 2.23. The van der Waals surface area contributed by atoms with Gasteiger partial charge >= 0.3 is 0 Å². The molecule has 0 rings (SSSR count). The summed E-state index contributed by atoms with van der Waals surface area (Å²) in [6, 6.07) is 0. The van der Waals surface area contributed by atoms with Gasteiger partial charge in [0.2, 0.25) is 0 Å². The van der Waals surface area contributed by atoms with Crippen LogP contribution in [0.25, 0.3) is 0 Å². The van der Waals surface area contributed by atoms with E-state index in [2.05, 4.69) is 20.8 Å². The number of aliphatic hydroxyl groups excluding tert-OH is 1. The van der Waals surface area contributed by atoms with Crippen LogP contribution in [0.5, 0.6) is 0 Å². The lowest BCUT2D eigenvalue weighted by atomic mass is 9.81. The number of hydrogen-bond donors (Lipinski definition) is 2. The Morgan fingerprint density at radius 1 is 1.33 bits per heavy atom. The SMILES string of the molecule is C[C@H]([C@@H](N)O)C(C)(C)C. The fraction of sp³-hybridized carbons (Fsp3) is 1.00. The van der Waals surface area contributed by atoms with Crippen LogP contribution in [0.3, 0.4) is 0 Å². The highest BCUT2D eigenvalue weighted by Crippen LogP contribution is 2.26. The van der Waals surface area contributed by atoms with E-state index >= 15 is 0 Å². The van der Waals surface area contributed by atoms with Crippen LogP contribution in [0.15, 0.2) is 0 Å². The van der Waals surface area contributed by atoms with Crippen molar-refractivity contribution in [2.75, 3.05) is 0 Å². The third kappa shape index (κ3) is 2.82. The summed E-state index contributed by atoms with van der Waals surface area (Å²) in [6.45, 7) is 8.14. The van der Waals surface area contributed by atoms with Crippen LogP contribution in [0.1, 0.15) is 27.7 Å². The van der Waals surface area contributed by atoms with Crippen LogP contribution >= 0.6 is 0 Å². The minimum Gasteiger partial charge on any atom is -0.379 e. The Kier molecular flexibility index (Phi) is 2.65. The van der Waals surface area contributed by atoms with E-state index in [1.165, 1.54) is 0 Å². The van der Waals surface area contributed by atoms with Crippen molar-refractivity contribution >= 4 is 0 Å². The minimum absolute atomic E-state index is 0.105. The quantitative estimate of drug-likeness (QED) is 0.520. The molecule has 0 radical (unpaired) electrons. The van der Waals surface area contributed by atoms with Gasteiger partial charge in [-0.3, -0.25) is 0 Å². The summed E-state index contributed by atoms with van der Waals surface area (Å²) in [5, 5.41) is 8.93. The lowest BCUT2D eigenvalue weighted by Gasteiger charge is -2.28. The molecule has 2 nitrogen and oxygen atoms in total. The number of nitrogens with two attached hydrogens (primary N) is 1. The molecule has 0 bridgehead atoms. The normalized spacial score (nSPS) is 19.3. The lowest BCUT2D eigenvalue weighted by Crippen LogP contribution is -2.35. The predicted molar refractivity (Wildman–Crippen MR) is 38.8 cm³/mol. The second-order valence-electron chi connectivity index (χ2n) is 3.65. The summed E-state index contributed by atoms with van der Waals surface area (Å²) in [7, 11) is 0. The maximum atomic E-state index is 8.93. The monoisotopic (exact) mass is 131 g/mol. The lowest BCUT2D eigenvalue weighted by molar-refractivity contribution is 0.0594. The van der Waals surface area contributed by atoms with Crippen LogP contribution in [-0.4, -0.2) is 11.3 Å². The first-order valence-electron chi connectivity index (χ1n) is 3.29. The van der Waals surface area contributed by atoms with Crippen molar-refractivity contribution in [1.82, 2.24) is 0 Å². The molecule has 0 unspecified atom stereocenters. The van der Waals surface area contributed by atoms with Crippen LogP contribution in [-0.2, 0) is 0 Å². The van der Waals surface area contributed by atoms with Crippen LogP contribution in [0.4, 0.5) is 0 Å². The predicted octanol–water partition coefficient (Wildman–Crippen LogP) is 0.946. The van der Waals surface area contributed by atoms with E-state index in [4.69, 9.17) is 10.8 Å². The minimum atomic E-state index is -0.690. The van der Waals surface area contributed by atoms with Crippen molar-refractivity contribution in [1.29, 1.82) is 0 Å². The van der Waals surface area contributed by atoms with E-state index in [1.54, 1.807) is 0 Å². The van der Waals surface area contributed by atoms with Crippen molar-refractivity contribution in [2.24, 2.45) is 17.1 Å². The summed E-state index contributed by atoms with van der Waals surface area (Å²) >= 11 is 0. The molecule has 9 heavy (non-hydrogen) atoms. The maximum Gasteiger partial charge on any atom is 0.105 e. The third-order valence-corrected chi connectivity index (χ3v) is 1.88. The molecular weight excluding hydrogens is 114 g/mol. The van der Waals surface area contributed by atoms with Gasteiger partial charge in [-0.2, -0.15) is 0 Å². The average Bonchev–Trinajstić information content (AvgIpc) is 1.62. The van der Waals surface area contributed by atoms with E-state index in [0.29, 0.717) is 0 Å². The molecule has 0 saturated carbocycles. The molecule has 0 aliphatic heterocycles. The zero-order valence-corrected chi connectivity index (χ0v) is 6.68. The molecule has 0 aromatic rings. The summed E-state index contributed by atoms with van der Waals surface area (Å²) in [4.78, 5) is 0. The standard InChI is InChI=1S/C7H17NO/c1-5(6(8)9)7(2,3)4/h5-6,9H,8H2,1-4H3/t5-,6+/m1/s1. The van der Waals surface area contributed by atoms with Crippen LogP contribution in [0.2, 0.25) is 0 Å². The van der Waals surface area contributed by atoms with Crippen molar-refractivity contribution in [2.45, 2.75) is 33.9 Å². The Morgan fingerprint density at radius 2 is 1.67 bits per heavy atom. The number of rotatable bonds is 1. The smallest absolute Gasteiger partial charge is 0.105 e. The van der Waals surface area contributed by atoms with Gasteiger partial charge in [0.25, 0.3) is 0 Å². The van der Waals surface area contributed by atoms with E-state index in [9.17, 15) is 0 Å². The molecule has 0 amide bonds. The van der Waals surface area contributed by atoms with Gasteiger partial charge in [-0.25, -0.2) is 0 Å². The van der Waals surface area contributed by atoms with Crippen molar-refractivity contribution in [3.8, 4) is 0 Å². The molecule has 0 aromatic heterocycles. The molecule has 0 saturated heterocycles. The van der Waals surface area contributed by atoms with Crippen molar-refractivity contribution in [3.05, 3.63) is 0 Å². The molecule has 0 fully saturated rings. The van der Waals surface area contributed by atoms with Crippen LogP contribution < -0.4 is 5.73 Å². The third-order valence-electron chi connectivity index (χ3n) is 1.88. The second-order valence-corrected chi connectivity index (χ2v) is 3.65. The summed E-state index contributed by atoms with van der Waals surface area (Å²) in [5.74, 6) is 0.150. The van der Waals surface area contributed by atoms with Gasteiger partial charge in [-0.1, -0.05) is 27.7 Å². The van der Waals surface area contributed by atoms with E-state index in [0.717, 1.165) is 0 Å². The Balaban J connectivity index is 3.88. The van der Waals surface area contributed by atoms with Crippen LogP contribution in [0, 0.1) is 11.3 Å². The molecule has 56 valence electrons. The Hall–Kier alpha value is -0.0800. The summed E-state index contributed by atoms with van der Waals surface area (Å²) < 4.78 is 0. The maximum absolute atomic E-state index is 8.93. The highest BCUT2D eigenvalue weighted by molar-refractivity contribution is 4.72. The first-order chi connectivity index (χ1) is 3.85. The van der Waals surface area contributed by atoms with E-state index in [1.807, 2.05) is 6.92 Å². The average molecular weight is 131 g/mol. The second kappa shape index (κ2) is 2.67. The van der Waals surface area contributed by atoms with Crippen molar-refractivity contribution < 1.29 is 5.11 Å². The van der Waals surface area contributed by atoms with Gasteiger partial charge in [0.1, 0.15) is 6.23 Å². The Bertz CT molecular complexity index is 83.4. The van der Waals surface area contributed by atoms with Gasteiger partial charge in [-0.15, -0.1) is 0 Å². The Morgan fingerprint density at radius 3 is 1.67 bits per heavy atom. The molecule has 2 atom stereocenters.